The Kier molecular flexibility index (Phi) is 5.64. The van der Waals surface area contributed by atoms with Gasteiger partial charge in [-0.3, -0.25) is 9.59 Å². The molecular weight excluding hydrogens is 328 g/mol. The summed E-state index contributed by atoms with van der Waals surface area (Å²) in [7, 11) is 0. The summed E-state index contributed by atoms with van der Waals surface area (Å²) in [5.41, 5.74) is 2.62. The minimum atomic E-state index is -0.139. The lowest BCUT2D eigenvalue weighted by molar-refractivity contribution is -0.130. The number of amides is 2. The van der Waals surface area contributed by atoms with Crippen LogP contribution in [-0.4, -0.2) is 35.4 Å². The molecule has 1 N–H and O–H groups in total. The molecule has 2 aliphatic rings. The first-order valence-electron chi connectivity index (χ1n) is 9.58. The lowest BCUT2D eigenvalue weighted by atomic mass is 9.88. The second-order valence-electron chi connectivity index (χ2n) is 7.25. The summed E-state index contributed by atoms with van der Waals surface area (Å²) in [6, 6.07) is 7.66. The van der Waals surface area contributed by atoms with E-state index < -0.39 is 0 Å². The van der Waals surface area contributed by atoms with Crippen LogP contribution in [0.5, 0.6) is 5.75 Å². The third-order valence-corrected chi connectivity index (χ3v) is 5.13. The molecule has 0 saturated heterocycles. The molecule has 1 aromatic rings. The fourth-order valence-corrected chi connectivity index (χ4v) is 4.04. The number of rotatable bonds is 6. The zero-order valence-corrected chi connectivity index (χ0v) is 15.9. The number of hydrogen-bond acceptors (Lipinski definition) is 3. The Balaban J connectivity index is 1.70. The number of carbonyl (C=O) groups excluding carboxylic acids is 2. The molecule has 0 spiro atoms. The molecule has 1 aromatic carbocycles. The van der Waals surface area contributed by atoms with Crippen LogP contribution in [0.15, 0.2) is 35.4 Å². The van der Waals surface area contributed by atoms with Crippen LogP contribution in [-0.2, 0) is 9.59 Å². The number of hydrogen-bond donors (Lipinski definition) is 1. The van der Waals surface area contributed by atoms with Crippen molar-refractivity contribution in [2.75, 3.05) is 11.9 Å². The molecule has 0 radical (unpaired) electrons. The monoisotopic (exact) mass is 356 g/mol. The van der Waals surface area contributed by atoms with Crippen LogP contribution >= 0.6 is 0 Å². The largest absolute Gasteiger partial charge is 0.494 e. The van der Waals surface area contributed by atoms with Gasteiger partial charge in [-0.2, -0.15) is 0 Å². The van der Waals surface area contributed by atoms with Crippen LogP contribution in [0.3, 0.4) is 0 Å². The Morgan fingerprint density at radius 3 is 2.65 bits per heavy atom. The first-order chi connectivity index (χ1) is 12.5. The van der Waals surface area contributed by atoms with Gasteiger partial charge in [-0.25, -0.2) is 0 Å². The van der Waals surface area contributed by atoms with Crippen molar-refractivity contribution in [3.63, 3.8) is 0 Å². The molecule has 1 aliphatic carbocycles. The highest BCUT2D eigenvalue weighted by Crippen LogP contribution is 2.39. The maximum atomic E-state index is 12.9. The summed E-state index contributed by atoms with van der Waals surface area (Å²) in [6.07, 6.45) is 4.36. The van der Waals surface area contributed by atoms with Crippen molar-refractivity contribution in [3.8, 4) is 5.75 Å². The number of carbonyl (C=O) groups is 2. The zero-order chi connectivity index (χ0) is 18.7. The number of benzene rings is 1. The maximum absolute atomic E-state index is 12.9. The Morgan fingerprint density at radius 2 is 2.00 bits per heavy atom. The lowest BCUT2D eigenvalue weighted by Gasteiger charge is -2.33. The number of nitrogens with zero attached hydrogens (tertiary/aromatic N) is 1. The Morgan fingerprint density at radius 1 is 1.27 bits per heavy atom. The smallest absolute Gasteiger partial charge is 0.251 e. The average molecular weight is 356 g/mol. The highest BCUT2D eigenvalue weighted by molar-refractivity contribution is 6.05. The molecule has 1 heterocycles. The van der Waals surface area contributed by atoms with E-state index in [9.17, 15) is 9.59 Å². The molecule has 1 saturated carbocycles. The van der Waals surface area contributed by atoms with E-state index in [0.29, 0.717) is 12.2 Å². The topological polar surface area (TPSA) is 58.6 Å². The molecule has 1 unspecified atom stereocenters. The van der Waals surface area contributed by atoms with Gasteiger partial charge in [0.05, 0.1) is 19.1 Å². The van der Waals surface area contributed by atoms with Gasteiger partial charge in [-0.15, -0.1) is 0 Å². The summed E-state index contributed by atoms with van der Waals surface area (Å²) in [5, 5.41) is 2.90. The molecule has 140 valence electrons. The highest BCUT2D eigenvalue weighted by atomic mass is 16.5. The summed E-state index contributed by atoms with van der Waals surface area (Å²) >= 11 is 0. The van der Waals surface area contributed by atoms with Gasteiger partial charge in [0, 0.05) is 17.3 Å². The van der Waals surface area contributed by atoms with E-state index in [0.717, 1.165) is 37.1 Å². The molecule has 0 bridgehead atoms. The molecule has 0 aromatic heterocycles. The van der Waals surface area contributed by atoms with Crippen LogP contribution in [0.4, 0.5) is 5.69 Å². The second kappa shape index (κ2) is 7.94. The van der Waals surface area contributed by atoms with Crippen molar-refractivity contribution in [1.82, 2.24) is 4.90 Å². The van der Waals surface area contributed by atoms with E-state index in [4.69, 9.17) is 4.74 Å². The Hall–Kier alpha value is -2.30. The molecule has 5 nitrogen and oxygen atoms in total. The second-order valence-corrected chi connectivity index (χ2v) is 7.25. The van der Waals surface area contributed by atoms with Gasteiger partial charge in [-0.05, 0) is 69.9 Å². The van der Waals surface area contributed by atoms with Crippen molar-refractivity contribution in [1.29, 1.82) is 0 Å². The van der Waals surface area contributed by atoms with Gasteiger partial charge in [-0.1, -0.05) is 6.42 Å². The molecular formula is C21H28N2O3. The first kappa shape index (κ1) is 18.5. The Labute approximate surface area is 155 Å². The first-order valence-corrected chi connectivity index (χ1v) is 9.58. The van der Waals surface area contributed by atoms with Crippen molar-refractivity contribution >= 4 is 17.5 Å². The van der Waals surface area contributed by atoms with Crippen LogP contribution in [0, 0.1) is 0 Å². The van der Waals surface area contributed by atoms with E-state index in [1.54, 1.807) is 0 Å². The Bertz CT molecular complexity index is 706. The van der Waals surface area contributed by atoms with Gasteiger partial charge >= 0.3 is 0 Å². The number of fused-ring (bicyclic) bond motifs is 1. The number of nitrogens with one attached hydrogen (secondary N) is 1. The normalized spacial score (nSPS) is 19.8. The predicted octanol–water partition coefficient (Wildman–Crippen LogP) is 3.90. The van der Waals surface area contributed by atoms with Crippen molar-refractivity contribution in [3.05, 3.63) is 35.4 Å². The molecule has 26 heavy (non-hydrogen) atoms. The van der Waals surface area contributed by atoms with Gasteiger partial charge < -0.3 is 15.0 Å². The van der Waals surface area contributed by atoms with Crippen molar-refractivity contribution < 1.29 is 14.3 Å². The minimum Gasteiger partial charge on any atom is -0.494 e. The summed E-state index contributed by atoms with van der Waals surface area (Å²) in [4.78, 5) is 27.4. The molecule has 1 aliphatic heterocycles. The van der Waals surface area contributed by atoms with Gasteiger partial charge in [0.25, 0.3) is 5.91 Å². The summed E-state index contributed by atoms with van der Waals surface area (Å²) < 4.78 is 5.41. The van der Waals surface area contributed by atoms with Crippen LogP contribution in [0.25, 0.3) is 0 Å². The predicted molar refractivity (Wildman–Crippen MR) is 102 cm³/mol. The lowest BCUT2D eigenvalue weighted by Crippen LogP contribution is -2.41. The van der Waals surface area contributed by atoms with Crippen LogP contribution in [0.2, 0.25) is 0 Å². The summed E-state index contributed by atoms with van der Waals surface area (Å²) in [6.45, 7) is 6.64. The quantitative estimate of drug-likeness (QED) is 0.841. The summed E-state index contributed by atoms with van der Waals surface area (Å²) in [5.74, 6) is 0.683. The molecule has 1 atom stereocenters. The van der Waals surface area contributed by atoms with E-state index in [1.807, 2.05) is 49.9 Å². The standard InChI is InChI=1S/C21H28N2O3/c1-4-26-16-11-9-15(10-12-16)22-20(24)13-18-17-7-5-6-8-19(17)23(14(2)3)21(18)25/h9-12,14,19H,4-8,13H2,1-3H3,(H,22,24). The molecule has 3 rings (SSSR count). The van der Waals surface area contributed by atoms with Gasteiger partial charge in [0.15, 0.2) is 0 Å². The van der Waals surface area contributed by atoms with Crippen LogP contribution in [0.1, 0.15) is 52.9 Å². The number of ether oxygens (including phenoxy) is 1. The zero-order valence-electron chi connectivity index (χ0n) is 15.9. The SMILES string of the molecule is CCOc1ccc(NC(=O)CC2=C3CCCCC3N(C(C)C)C2=O)cc1. The average Bonchev–Trinajstić information content (AvgIpc) is 2.89. The maximum Gasteiger partial charge on any atom is 0.251 e. The third kappa shape index (κ3) is 3.76. The van der Waals surface area contributed by atoms with Gasteiger partial charge in [0.2, 0.25) is 5.91 Å². The van der Waals surface area contributed by atoms with E-state index >= 15 is 0 Å². The van der Waals surface area contributed by atoms with Crippen molar-refractivity contribution in [2.45, 2.75) is 65.0 Å². The van der Waals surface area contributed by atoms with E-state index in [-0.39, 0.29) is 30.3 Å². The number of anilines is 1. The van der Waals surface area contributed by atoms with Crippen molar-refractivity contribution in [2.24, 2.45) is 0 Å². The molecule has 1 fully saturated rings. The van der Waals surface area contributed by atoms with Gasteiger partial charge in [0.1, 0.15) is 5.75 Å². The third-order valence-electron chi connectivity index (χ3n) is 5.13. The molecule has 5 heteroatoms. The fraction of sp³-hybridized carbons (Fsp3) is 0.524. The van der Waals surface area contributed by atoms with E-state index in [1.165, 1.54) is 5.57 Å². The fourth-order valence-electron chi connectivity index (χ4n) is 4.04. The molecule has 2 amide bonds. The highest BCUT2D eigenvalue weighted by Gasteiger charge is 2.41. The van der Waals surface area contributed by atoms with Crippen LogP contribution < -0.4 is 10.1 Å². The van der Waals surface area contributed by atoms with E-state index in [2.05, 4.69) is 5.32 Å². The minimum absolute atomic E-state index is 0.0451.